The van der Waals surface area contributed by atoms with Gasteiger partial charge in [-0.1, -0.05) is 12.1 Å². The fourth-order valence-electron chi connectivity index (χ4n) is 1.94. The highest BCUT2D eigenvalue weighted by molar-refractivity contribution is 7.90. The molecule has 2 heterocycles. The van der Waals surface area contributed by atoms with Gasteiger partial charge in [-0.15, -0.1) is 11.3 Å². The molecule has 0 saturated carbocycles. The predicted molar refractivity (Wildman–Crippen MR) is 86.7 cm³/mol. The van der Waals surface area contributed by atoms with Gasteiger partial charge >= 0.3 is 0 Å². The third-order valence-corrected chi connectivity index (χ3v) is 5.00. The molecule has 3 aromatic rings. The van der Waals surface area contributed by atoms with Crippen LogP contribution >= 0.6 is 11.3 Å². The Bertz CT molecular complexity index is 851. The summed E-state index contributed by atoms with van der Waals surface area (Å²) in [6.45, 7) is 0.576. The molecule has 114 valence electrons. The van der Waals surface area contributed by atoms with Crippen molar-refractivity contribution in [2.24, 2.45) is 0 Å². The first-order valence-corrected chi connectivity index (χ1v) is 9.32. The Labute approximate surface area is 132 Å². The minimum absolute atomic E-state index is 0.308. The molecule has 1 N–H and O–H groups in total. The Morgan fingerprint density at radius 3 is 2.64 bits per heavy atom. The van der Waals surface area contributed by atoms with Crippen LogP contribution in [-0.4, -0.2) is 19.7 Å². The number of aromatic nitrogens is 1. The Balaban J connectivity index is 1.73. The molecule has 0 atom stereocenters. The molecule has 0 amide bonds. The van der Waals surface area contributed by atoms with Crippen LogP contribution in [0.3, 0.4) is 0 Å². The second-order valence-electron chi connectivity index (χ2n) is 4.77. The number of rotatable bonds is 5. The third-order valence-electron chi connectivity index (χ3n) is 3.08. The van der Waals surface area contributed by atoms with Crippen LogP contribution in [-0.2, 0) is 16.4 Å². The molecule has 0 fully saturated rings. The van der Waals surface area contributed by atoms with Crippen molar-refractivity contribution in [1.82, 2.24) is 4.98 Å². The van der Waals surface area contributed by atoms with Gasteiger partial charge in [-0.05, 0) is 24.3 Å². The van der Waals surface area contributed by atoms with E-state index in [1.807, 2.05) is 17.5 Å². The van der Waals surface area contributed by atoms with Crippen molar-refractivity contribution in [2.45, 2.75) is 11.4 Å². The third kappa shape index (κ3) is 3.37. The van der Waals surface area contributed by atoms with E-state index in [1.165, 1.54) is 17.6 Å². The van der Waals surface area contributed by atoms with Gasteiger partial charge in [0.05, 0.1) is 23.4 Å². The van der Waals surface area contributed by atoms with Gasteiger partial charge in [0.2, 0.25) is 0 Å². The lowest BCUT2D eigenvalue weighted by Crippen LogP contribution is -1.97. The Morgan fingerprint density at radius 1 is 1.23 bits per heavy atom. The lowest BCUT2D eigenvalue weighted by molar-refractivity contribution is 0.518. The fraction of sp³-hybridized carbons (Fsp3) is 0.133. The van der Waals surface area contributed by atoms with Gasteiger partial charge in [0.15, 0.2) is 15.0 Å². The number of nitrogens with one attached hydrogen (secondary N) is 1. The minimum atomic E-state index is -3.17. The molecule has 0 aliphatic heterocycles. The Hall–Kier alpha value is -2.12. The number of furan rings is 1. The summed E-state index contributed by atoms with van der Waals surface area (Å²) in [5.74, 6) is 0.842. The SMILES string of the molecule is CS(=O)(=O)c1ccc(-c2csc(NCc3ccco3)n2)cc1. The number of nitrogens with zero attached hydrogens (tertiary/aromatic N) is 1. The van der Waals surface area contributed by atoms with Crippen molar-refractivity contribution in [2.75, 3.05) is 11.6 Å². The van der Waals surface area contributed by atoms with E-state index in [0.29, 0.717) is 11.4 Å². The van der Waals surface area contributed by atoms with Crippen LogP contribution in [0, 0.1) is 0 Å². The Kier molecular flexibility index (Phi) is 4.00. The molecule has 0 aliphatic rings. The van der Waals surface area contributed by atoms with Crippen molar-refractivity contribution in [3.8, 4) is 11.3 Å². The molecule has 0 radical (unpaired) electrons. The van der Waals surface area contributed by atoms with Crippen molar-refractivity contribution < 1.29 is 12.8 Å². The van der Waals surface area contributed by atoms with Crippen LogP contribution in [0.2, 0.25) is 0 Å². The average molecular weight is 334 g/mol. The molecule has 5 nitrogen and oxygen atoms in total. The highest BCUT2D eigenvalue weighted by Gasteiger charge is 2.09. The summed E-state index contributed by atoms with van der Waals surface area (Å²) in [7, 11) is -3.17. The van der Waals surface area contributed by atoms with E-state index in [4.69, 9.17) is 4.42 Å². The molecule has 22 heavy (non-hydrogen) atoms. The van der Waals surface area contributed by atoms with Gasteiger partial charge in [-0.3, -0.25) is 0 Å². The standard InChI is InChI=1S/C15H14N2O3S2/c1-22(18,19)13-6-4-11(5-7-13)14-10-21-15(17-14)16-9-12-3-2-8-20-12/h2-8,10H,9H2,1H3,(H,16,17). The number of sulfone groups is 1. The summed E-state index contributed by atoms with van der Waals surface area (Å²) in [5, 5.41) is 5.91. The van der Waals surface area contributed by atoms with Crippen LogP contribution in [0.1, 0.15) is 5.76 Å². The van der Waals surface area contributed by atoms with E-state index < -0.39 is 9.84 Å². The van der Waals surface area contributed by atoms with Crippen molar-refractivity contribution in [1.29, 1.82) is 0 Å². The lowest BCUT2D eigenvalue weighted by Gasteiger charge is -2.01. The summed E-state index contributed by atoms with van der Waals surface area (Å²) in [6, 6.07) is 10.5. The molecule has 0 bridgehead atoms. The fourth-order valence-corrected chi connectivity index (χ4v) is 3.29. The summed E-state index contributed by atoms with van der Waals surface area (Å²) < 4.78 is 28.1. The molecule has 0 aliphatic carbocycles. The number of benzene rings is 1. The zero-order chi connectivity index (χ0) is 15.6. The summed E-state index contributed by atoms with van der Waals surface area (Å²) in [5.41, 5.74) is 1.70. The maximum atomic E-state index is 11.5. The van der Waals surface area contributed by atoms with Gasteiger partial charge in [0.25, 0.3) is 0 Å². The highest BCUT2D eigenvalue weighted by atomic mass is 32.2. The second kappa shape index (κ2) is 5.94. The molecular formula is C15H14N2O3S2. The molecule has 2 aromatic heterocycles. The lowest BCUT2D eigenvalue weighted by atomic mass is 10.2. The first-order valence-electron chi connectivity index (χ1n) is 6.55. The van der Waals surface area contributed by atoms with Crippen molar-refractivity contribution >= 4 is 26.3 Å². The maximum absolute atomic E-state index is 11.5. The predicted octanol–water partition coefficient (Wildman–Crippen LogP) is 3.42. The van der Waals surface area contributed by atoms with Gasteiger partial charge in [-0.25, -0.2) is 13.4 Å². The van der Waals surface area contributed by atoms with Gasteiger partial charge in [0, 0.05) is 17.2 Å². The summed E-state index contributed by atoms with van der Waals surface area (Å²) in [6.07, 6.45) is 2.83. The van der Waals surface area contributed by atoms with Crippen LogP contribution < -0.4 is 5.32 Å². The highest BCUT2D eigenvalue weighted by Crippen LogP contribution is 2.26. The smallest absolute Gasteiger partial charge is 0.183 e. The van der Waals surface area contributed by atoms with E-state index in [9.17, 15) is 8.42 Å². The van der Waals surface area contributed by atoms with Crippen molar-refractivity contribution in [3.05, 3.63) is 53.8 Å². The van der Waals surface area contributed by atoms with Gasteiger partial charge < -0.3 is 9.73 Å². The minimum Gasteiger partial charge on any atom is -0.467 e. The normalized spacial score (nSPS) is 11.5. The summed E-state index contributed by atoms with van der Waals surface area (Å²) in [4.78, 5) is 4.80. The molecule has 0 spiro atoms. The van der Waals surface area contributed by atoms with Gasteiger partial charge in [-0.2, -0.15) is 0 Å². The van der Waals surface area contributed by atoms with E-state index in [-0.39, 0.29) is 0 Å². The van der Waals surface area contributed by atoms with Crippen LogP contribution in [0.4, 0.5) is 5.13 Å². The topological polar surface area (TPSA) is 72.2 Å². The monoisotopic (exact) mass is 334 g/mol. The first-order chi connectivity index (χ1) is 10.5. The molecular weight excluding hydrogens is 320 g/mol. The van der Waals surface area contributed by atoms with E-state index in [0.717, 1.165) is 22.1 Å². The average Bonchev–Trinajstić information content (AvgIpc) is 3.16. The van der Waals surface area contributed by atoms with E-state index in [2.05, 4.69) is 10.3 Å². The first kappa shape index (κ1) is 14.8. The molecule has 0 unspecified atom stereocenters. The van der Waals surface area contributed by atoms with Crippen LogP contribution in [0.25, 0.3) is 11.3 Å². The van der Waals surface area contributed by atoms with Crippen LogP contribution in [0.5, 0.6) is 0 Å². The molecule has 1 aromatic carbocycles. The Morgan fingerprint density at radius 2 is 2.00 bits per heavy atom. The zero-order valence-electron chi connectivity index (χ0n) is 11.8. The quantitative estimate of drug-likeness (QED) is 0.774. The molecule has 7 heteroatoms. The van der Waals surface area contributed by atoms with E-state index in [1.54, 1.807) is 30.5 Å². The largest absolute Gasteiger partial charge is 0.467 e. The second-order valence-corrected chi connectivity index (χ2v) is 7.64. The molecule has 0 saturated heterocycles. The van der Waals surface area contributed by atoms with Crippen molar-refractivity contribution in [3.63, 3.8) is 0 Å². The van der Waals surface area contributed by atoms with E-state index >= 15 is 0 Å². The maximum Gasteiger partial charge on any atom is 0.183 e. The van der Waals surface area contributed by atoms with Gasteiger partial charge in [0.1, 0.15) is 5.76 Å². The number of thiazole rings is 1. The number of hydrogen-bond donors (Lipinski definition) is 1. The number of anilines is 1. The summed E-state index contributed by atoms with van der Waals surface area (Å²) >= 11 is 1.49. The zero-order valence-corrected chi connectivity index (χ0v) is 13.4. The van der Waals surface area contributed by atoms with Crippen LogP contribution in [0.15, 0.2) is 57.4 Å². The molecule has 3 rings (SSSR count). The number of hydrogen-bond acceptors (Lipinski definition) is 6.